The number of H-pyrrole nitrogens is 1. The second-order valence-corrected chi connectivity index (χ2v) is 2.20. The minimum atomic E-state index is 0.801. The van der Waals surface area contributed by atoms with Crippen LogP contribution in [0.1, 0.15) is 33.5 Å². The minimum Gasteiger partial charge on any atom is -0.346 e. The lowest BCUT2D eigenvalue weighted by molar-refractivity contribution is 1.08. The number of rotatable bonds is 0. The summed E-state index contributed by atoms with van der Waals surface area (Å²) >= 11 is 0. The molecule has 0 radical (unpaired) electrons. The standard InChI is InChI=1S/C7H7N3.2C2H6/c1-5-9-4-6-2-3-8-7(6)10-5;2*1-2/h2-4H,1H3,(H,8,9,10);2*1-2H3. The van der Waals surface area contributed by atoms with Gasteiger partial charge in [-0.05, 0) is 13.0 Å². The van der Waals surface area contributed by atoms with Gasteiger partial charge in [-0.15, -0.1) is 0 Å². The van der Waals surface area contributed by atoms with Gasteiger partial charge < -0.3 is 4.98 Å². The van der Waals surface area contributed by atoms with Gasteiger partial charge in [-0.25, -0.2) is 9.97 Å². The minimum absolute atomic E-state index is 0.801. The van der Waals surface area contributed by atoms with Crippen molar-refractivity contribution in [2.75, 3.05) is 0 Å². The number of aromatic nitrogens is 3. The summed E-state index contributed by atoms with van der Waals surface area (Å²) in [5.41, 5.74) is 0.910. The van der Waals surface area contributed by atoms with E-state index in [2.05, 4.69) is 15.0 Å². The summed E-state index contributed by atoms with van der Waals surface area (Å²) in [5.74, 6) is 0.801. The molecule has 2 heterocycles. The van der Waals surface area contributed by atoms with E-state index in [0.717, 1.165) is 16.9 Å². The molecule has 0 bridgehead atoms. The van der Waals surface area contributed by atoms with Crippen LogP contribution in [0, 0.1) is 6.92 Å². The molecule has 0 spiro atoms. The maximum absolute atomic E-state index is 4.17. The fourth-order valence-electron chi connectivity index (χ4n) is 0.927. The maximum Gasteiger partial charge on any atom is 0.140 e. The lowest BCUT2D eigenvalue weighted by Gasteiger charge is -1.88. The Kier molecular flexibility index (Phi) is 6.37. The first-order valence-corrected chi connectivity index (χ1v) is 5.13. The highest BCUT2D eigenvalue weighted by Crippen LogP contribution is 2.06. The summed E-state index contributed by atoms with van der Waals surface area (Å²) in [6.45, 7) is 9.88. The molecule has 0 amide bonds. The molecule has 0 atom stereocenters. The van der Waals surface area contributed by atoms with Gasteiger partial charge in [0.05, 0.1) is 0 Å². The first kappa shape index (κ1) is 12.6. The smallest absolute Gasteiger partial charge is 0.140 e. The van der Waals surface area contributed by atoms with Gasteiger partial charge in [0.1, 0.15) is 11.5 Å². The van der Waals surface area contributed by atoms with Crippen molar-refractivity contribution >= 4 is 11.0 Å². The Labute approximate surface area is 85.6 Å². The van der Waals surface area contributed by atoms with Gasteiger partial charge in [0.2, 0.25) is 0 Å². The fourth-order valence-corrected chi connectivity index (χ4v) is 0.927. The maximum atomic E-state index is 4.17. The van der Waals surface area contributed by atoms with Crippen LogP contribution >= 0.6 is 0 Å². The highest BCUT2D eigenvalue weighted by molar-refractivity contribution is 5.73. The first-order valence-electron chi connectivity index (χ1n) is 5.13. The topological polar surface area (TPSA) is 41.6 Å². The van der Waals surface area contributed by atoms with Gasteiger partial charge in [-0.1, -0.05) is 27.7 Å². The zero-order chi connectivity index (χ0) is 11.0. The molecule has 0 aliphatic heterocycles. The van der Waals surface area contributed by atoms with E-state index >= 15 is 0 Å². The van der Waals surface area contributed by atoms with Crippen molar-refractivity contribution in [3.05, 3.63) is 24.3 Å². The number of hydrogen-bond donors (Lipinski definition) is 1. The van der Waals surface area contributed by atoms with E-state index in [1.165, 1.54) is 0 Å². The number of aromatic amines is 1. The molecule has 1 N–H and O–H groups in total. The molecule has 0 aliphatic rings. The van der Waals surface area contributed by atoms with Crippen LogP contribution in [0.25, 0.3) is 11.0 Å². The average Bonchev–Trinajstić information content (AvgIpc) is 2.71. The number of aryl methyl sites for hydroxylation is 1. The van der Waals surface area contributed by atoms with Crippen molar-refractivity contribution in [3.63, 3.8) is 0 Å². The fraction of sp³-hybridized carbons (Fsp3) is 0.455. The first-order chi connectivity index (χ1) is 6.86. The molecule has 2 aromatic heterocycles. The van der Waals surface area contributed by atoms with Crippen molar-refractivity contribution in [2.24, 2.45) is 0 Å². The number of hydrogen-bond acceptors (Lipinski definition) is 2. The van der Waals surface area contributed by atoms with E-state index in [9.17, 15) is 0 Å². The third-order valence-electron chi connectivity index (χ3n) is 1.42. The average molecular weight is 193 g/mol. The summed E-state index contributed by atoms with van der Waals surface area (Å²) in [6.07, 6.45) is 3.67. The molecule has 3 heteroatoms. The summed E-state index contributed by atoms with van der Waals surface area (Å²) in [5, 5.41) is 1.06. The normalized spacial score (nSPS) is 8.36. The number of nitrogens with zero attached hydrogens (tertiary/aromatic N) is 2. The summed E-state index contributed by atoms with van der Waals surface area (Å²) in [7, 11) is 0. The largest absolute Gasteiger partial charge is 0.346 e. The quantitative estimate of drug-likeness (QED) is 0.697. The van der Waals surface area contributed by atoms with Crippen LogP contribution < -0.4 is 0 Å². The molecule has 2 aromatic rings. The van der Waals surface area contributed by atoms with Crippen molar-refractivity contribution in [1.82, 2.24) is 15.0 Å². The van der Waals surface area contributed by atoms with Crippen molar-refractivity contribution in [3.8, 4) is 0 Å². The van der Waals surface area contributed by atoms with E-state index in [1.807, 2.05) is 53.1 Å². The highest BCUT2D eigenvalue weighted by atomic mass is 14.9. The number of nitrogens with one attached hydrogen (secondary N) is 1. The molecular formula is C11H19N3. The van der Waals surface area contributed by atoms with Crippen molar-refractivity contribution in [2.45, 2.75) is 34.6 Å². The SMILES string of the molecule is CC.CC.Cc1ncc2cc[nH]c2n1. The Morgan fingerprint density at radius 3 is 2.43 bits per heavy atom. The van der Waals surface area contributed by atoms with Crippen LogP contribution in [0.3, 0.4) is 0 Å². The second kappa shape index (κ2) is 7.06. The van der Waals surface area contributed by atoms with Crippen molar-refractivity contribution < 1.29 is 0 Å². The van der Waals surface area contributed by atoms with Crippen LogP contribution in [-0.2, 0) is 0 Å². The van der Waals surface area contributed by atoms with Gasteiger partial charge in [-0.3, -0.25) is 0 Å². The van der Waals surface area contributed by atoms with Crippen LogP contribution in [0.4, 0.5) is 0 Å². The molecule has 0 saturated carbocycles. The predicted octanol–water partition coefficient (Wildman–Crippen LogP) is 3.32. The van der Waals surface area contributed by atoms with Crippen LogP contribution in [0.15, 0.2) is 18.5 Å². The van der Waals surface area contributed by atoms with Crippen molar-refractivity contribution in [1.29, 1.82) is 0 Å². The molecule has 0 fully saturated rings. The lowest BCUT2D eigenvalue weighted by atomic mass is 10.4. The molecule has 3 nitrogen and oxygen atoms in total. The Balaban J connectivity index is 0.000000379. The Morgan fingerprint density at radius 2 is 1.79 bits per heavy atom. The van der Waals surface area contributed by atoms with Gasteiger partial charge in [0.25, 0.3) is 0 Å². The van der Waals surface area contributed by atoms with Gasteiger partial charge >= 0.3 is 0 Å². The van der Waals surface area contributed by atoms with E-state index in [-0.39, 0.29) is 0 Å². The zero-order valence-electron chi connectivity index (χ0n) is 9.63. The molecule has 14 heavy (non-hydrogen) atoms. The van der Waals surface area contributed by atoms with E-state index < -0.39 is 0 Å². The monoisotopic (exact) mass is 193 g/mol. The van der Waals surface area contributed by atoms with E-state index in [1.54, 1.807) is 0 Å². The predicted molar refractivity (Wildman–Crippen MR) is 61.3 cm³/mol. The summed E-state index contributed by atoms with van der Waals surface area (Å²) in [6, 6.07) is 1.95. The third kappa shape index (κ3) is 3.17. The molecule has 78 valence electrons. The molecule has 0 aromatic carbocycles. The highest BCUT2D eigenvalue weighted by Gasteiger charge is 1.93. The van der Waals surface area contributed by atoms with Gasteiger partial charge in [0.15, 0.2) is 0 Å². The zero-order valence-corrected chi connectivity index (χ0v) is 9.63. The molecule has 0 unspecified atom stereocenters. The molecule has 0 aliphatic carbocycles. The molecular weight excluding hydrogens is 174 g/mol. The van der Waals surface area contributed by atoms with Crippen LogP contribution in [0.2, 0.25) is 0 Å². The van der Waals surface area contributed by atoms with Crippen LogP contribution in [0.5, 0.6) is 0 Å². The van der Waals surface area contributed by atoms with E-state index in [0.29, 0.717) is 0 Å². The second-order valence-electron chi connectivity index (χ2n) is 2.20. The van der Waals surface area contributed by atoms with Gasteiger partial charge in [-0.2, -0.15) is 0 Å². The summed E-state index contributed by atoms with van der Waals surface area (Å²) in [4.78, 5) is 11.2. The van der Waals surface area contributed by atoms with Crippen LogP contribution in [-0.4, -0.2) is 15.0 Å². The lowest BCUT2D eigenvalue weighted by Crippen LogP contribution is -1.85. The third-order valence-corrected chi connectivity index (χ3v) is 1.42. The molecule has 2 rings (SSSR count). The number of fused-ring (bicyclic) bond motifs is 1. The van der Waals surface area contributed by atoms with Gasteiger partial charge in [0, 0.05) is 17.8 Å². The van der Waals surface area contributed by atoms with E-state index in [4.69, 9.17) is 0 Å². The molecule has 0 saturated heterocycles. The Hall–Kier alpha value is -1.38. The Morgan fingerprint density at radius 1 is 1.14 bits per heavy atom. The summed E-state index contributed by atoms with van der Waals surface area (Å²) < 4.78 is 0. The Bertz CT molecular complexity index is 352.